The van der Waals surface area contributed by atoms with Crippen LogP contribution in [0.2, 0.25) is 0 Å². The van der Waals surface area contributed by atoms with E-state index in [4.69, 9.17) is 5.11 Å². The lowest BCUT2D eigenvalue weighted by molar-refractivity contribution is -0.389. The summed E-state index contributed by atoms with van der Waals surface area (Å²) in [5.74, 6) is -1.49. The van der Waals surface area contributed by atoms with Crippen LogP contribution in [0.15, 0.2) is 12.1 Å². The zero-order valence-corrected chi connectivity index (χ0v) is 10.0. The van der Waals surface area contributed by atoms with E-state index >= 15 is 0 Å². The molecule has 1 aromatic rings. The molecule has 2 rings (SSSR count). The number of likely N-dealkylation sites (tertiary alicyclic amines) is 1. The Kier molecular flexibility index (Phi) is 3.50. The number of carbonyl (C=O) groups excluding carboxylic acids is 1. The second-order valence-electron chi connectivity index (χ2n) is 4.52. The highest BCUT2D eigenvalue weighted by Gasteiger charge is 2.30. The molecule has 0 bridgehead atoms. The maximum atomic E-state index is 12.0. The van der Waals surface area contributed by atoms with E-state index in [0.717, 1.165) is 0 Å². The van der Waals surface area contributed by atoms with Crippen LogP contribution in [0.25, 0.3) is 0 Å². The van der Waals surface area contributed by atoms with E-state index in [-0.39, 0.29) is 29.8 Å². The Labute approximate surface area is 108 Å². The predicted octanol–water partition coefficient (Wildman–Crippen LogP) is 0.860. The van der Waals surface area contributed by atoms with Gasteiger partial charge in [0.2, 0.25) is 0 Å². The van der Waals surface area contributed by atoms with E-state index in [0.29, 0.717) is 19.5 Å². The summed E-state index contributed by atoms with van der Waals surface area (Å²) < 4.78 is 0. The van der Waals surface area contributed by atoms with E-state index in [1.54, 1.807) is 0 Å². The van der Waals surface area contributed by atoms with Gasteiger partial charge >= 0.3 is 11.8 Å². The van der Waals surface area contributed by atoms with Crippen LogP contribution in [0.5, 0.6) is 0 Å². The molecule has 19 heavy (non-hydrogen) atoms. The third-order valence-electron chi connectivity index (χ3n) is 3.13. The van der Waals surface area contributed by atoms with Gasteiger partial charge in [-0.25, -0.2) is 4.98 Å². The number of H-pyrrole nitrogens is 1. The largest absolute Gasteiger partial charge is 0.481 e. The van der Waals surface area contributed by atoms with Gasteiger partial charge in [0.15, 0.2) is 5.69 Å². The summed E-state index contributed by atoms with van der Waals surface area (Å²) in [4.78, 5) is 36.5. The molecule has 0 spiro atoms. The maximum Gasteiger partial charge on any atom is 0.321 e. The van der Waals surface area contributed by atoms with Gasteiger partial charge in [0.1, 0.15) is 0 Å². The highest BCUT2D eigenvalue weighted by Crippen LogP contribution is 2.22. The van der Waals surface area contributed by atoms with Gasteiger partial charge < -0.3 is 20.1 Å². The Bertz CT molecular complexity index is 524. The average Bonchev–Trinajstić information content (AvgIpc) is 2.95. The summed E-state index contributed by atoms with van der Waals surface area (Å²) in [5, 5.41) is 19.2. The number of nitro groups is 1. The van der Waals surface area contributed by atoms with Crippen molar-refractivity contribution in [3.63, 3.8) is 0 Å². The second-order valence-corrected chi connectivity index (χ2v) is 4.52. The molecular formula is C11H13N3O5. The zero-order chi connectivity index (χ0) is 14.0. The highest BCUT2D eigenvalue weighted by atomic mass is 16.6. The van der Waals surface area contributed by atoms with Gasteiger partial charge in [-0.1, -0.05) is 0 Å². The summed E-state index contributed by atoms with van der Waals surface area (Å²) in [6.07, 6.45) is 0.676. The average molecular weight is 267 g/mol. The molecule has 8 heteroatoms. The molecule has 1 aromatic heterocycles. The number of rotatable bonds is 4. The molecular weight excluding hydrogens is 254 g/mol. The number of nitrogens with zero attached hydrogens (tertiary/aromatic N) is 2. The van der Waals surface area contributed by atoms with Gasteiger partial charge in [-0.15, -0.1) is 0 Å². The SMILES string of the molecule is O=C(O)CC1CCN(C(=O)c2ccc([N+](=O)[O-])[nH]2)C1. The predicted molar refractivity (Wildman–Crippen MR) is 63.7 cm³/mol. The Morgan fingerprint density at radius 2 is 2.26 bits per heavy atom. The molecule has 2 N–H and O–H groups in total. The summed E-state index contributed by atoms with van der Waals surface area (Å²) >= 11 is 0. The van der Waals surface area contributed by atoms with Crippen LogP contribution in [0.4, 0.5) is 5.82 Å². The molecule has 0 aromatic carbocycles. The molecule has 0 aliphatic carbocycles. The van der Waals surface area contributed by atoms with Gasteiger partial charge in [-0.2, -0.15) is 0 Å². The second kappa shape index (κ2) is 5.09. The molecule has 1 saturated heterocycles. The standard InChI is InChI=1S/C11H13N3O5/c15-10(16)5-7-3-4-13(6-7)11(17)8-1-2-9(12-8)14(18)19/h1-2,7,12H,3-6H2,(H,15,16). The molecule has 1 aliphatic rings. The lowest BCUT2D eigenvalue weighted by Crippen LogP contribution is -2.29. The van der Waals surface area contributed by atoms with Crippen molar-refractivity contribution in [2.24, 2.45) is 5.92 Å². The van der Waals surface area contributed by atoms with E-state index in [1.165, 1.54) is 17.0 Å². The van der Waals surface area contributed by atoms with Crippen molar-refractivity contribution < 1.29 is 19.6 Å². The number of carboxylic acids is 1. The molecule has 0 radical (unpaired) electrons. The Morgan fingerprint density at radius 3 is 2.84 bits per heavy atom. The monoisotopic (exact) mass is 267 g/mol. The smallest absolute Gasteiger partial charge is 0.321 e. The summed E-state index contributed by atoms with van der Waals surface area (Å²) in [7, 11) is 0. The topological polar surface area (TPSA) is 117 Å². The van der Waals surface area contributed by atoms with Crippen molar-refractivity contribution in [3.05, 3.63) is 27.9 Å². The van der Waals surface area contributed by atoms with Crippen molar-refractivity contribution >= 4 is 17.7 Å². The molecule has 1 aliphatic heterocycles. The van der Waals surface area contributed by atoms with E-state index in [9.17, 15) is 19.7 Å². The van der Waals surface area contributed by atoms with Gasteiger partial charge in [0.25, 0.3) is 5.91 Å². The number of hydrogen-bond donors (Lipinski definition) is 2. The highest BCUT2D eigenvalue weighted by molar-refractivity contribution is 5.93. The third kappa shape index (κ3) is 2.90. The number of carbonyl (C=O) groups is 2. The Morgan fingerprint density at radius 1 is 1.53 bits per heavy atom. The first kappa shape index (κ1) is 13.1. The van der Waals surface area contributed by atoms with Crippen LogP contribution in [0, 0.1) is 16.0 Å². The minimum Gasteiger partial charge on any atom is -0.481 e. The summed E-state index contributed by atoms with van der Waals surface area (Å²) in [5.41, 5.74) is 0.155. The number of hydrogen-bond acceptors (Lipinski definition) is 4. The molecule has 8 nitrogen and oxygen atoms in total. The van der Waals surface area contributed by atoms with Crippen molar-refractivity contribution in [3.8, 4) is 0 Å². The minimum atomic E-state index is -0.880. The van der Waals surface area contributed by atoms with E-state index < -0.39 is 10.9 Å². The quantitative estimate of drug-likeness (QED) is 0.619. The first-order chi connectivity index (χ1) is 8.97. The van der Waals surface area contributed by atoms with Crippen LogP contribution >= 0.6 is 0 Å². The Hall–Kier alpha value is -2.38. The number of aromatic nitrogens is 1. The lowest BCUT2D eigenvalue weighted by Gasteiger charge is -2.13. The number of aromatic amines is 1. The molecule has 1 amide bonds. The number of nitrogens with one attached hydrogen (secondary N) is 1. The molecule has 1 unspecified atom stereocenters. The van der Waals surface area contributed by atoms with Crippen LogP contribution in [0.3, 0.4) is 0 Å². The maximum absolute atomic E-state index is 12.0. The molecule has 102 valence electrons. The fraction of sp³-hybridized carbons (Fsp3) is 0.455. The van der Waals surface area contributed by atoms with Crippen LogP contribution < -0.4 is 0 Å². The fourth-order valence-corrected chi connectivity index (χ4v) is 2.22. The van der Waals surface area contributed by atoms with Crippen molar-refractivity contribution in [1.82, 2.24) is 9.88 Å². The normalized spacial score (nSPS) is 18.5. The zero-order valence-electron chi connectivity index (χ0n) is 10.0. The number of carboxylic acid groups (broad SMARTS) is 1. The van der Waals surface area contributed by atoms with Crippen LogP contribution in [-0.2, 0) is 4.79 Å². The summed E-state index contributed by atoms with van der Waals surface area (Å²) in [6.45, 7) is 0.849. The number of aliphatic carboxylic acids is 1. The fourth-order valence-electron chi connectivity index (χ4n) is 2.22. The van der Waals surface area contributed by atoms with Crippen molar-refractivity contribution in [2.75, 3.05) is 13.1 Å². The first-order valence-corrected chi connectivity index (χ1v) is 5.82. The molecule has 0 saturated carbocycles. The first-order valence-electron chi connectivity index (χ1n) is 5.82. The van der Waals surface area contributed by atoms with E-state index in [2.05, 4.69) is 4.98 Å². The van der Waals surface area contributed by atoms with Gasteiger partial charge in [-0.05, 0) is 23.3 Å². The molecule has 2 heterocycles. The van der Waals surface area contributed by atoms with Crippen molar-refractivity contribution in [1.29, 1.82) is 0 Å². The van der Waals surface area contributed by atoms with Crippen LogP contribution in [-0.4, -0.2) is 44.9 Å². The number of amides is 1. The summed E-state index contributed by atoms with van der Waals surface area (Å²) in [6, 6.07) is 2.60. The van der Waals surface area contributed by atoms with E-state index in [1.807, 2.05) is 0 Å². The van der Waals surface area contributed by atoms with Gasteiger partial charge in [0.05, 0.1) is 0 Å². The molecule has 1 fully saturated rings. The van der Waals surface area contributed by atoms with Gasteiger partial charge in [0, 0.05) is 25.6 Å². The minimum absolute atomic E-state index is 0.0364. The van der Waals surface area contributed by atoms with Crippen LogP contribution in [0.1, 0.15) is 23.3 Å². The lowest BCUT2D eigenvalue weighted by atomic mass is 10.1. The molecule has 1 atom stereocenters. The third-order valence-corrected chi connectivity index (χ3v) is 3.13. The Balaban J connectivity index is 2.00. The van der Waals surface area contributed by atoms with Crippen molar-refractivity contribution in [2.45, 2.75) is 12.8 Å². The van der Waals surface area contributed by atoms with Gasteiger partial charge in [-0.3, -0.25) is 9.59 Å².